The number of carbonyl (C=O) groups is 4. The third-order valence-electron chi connectivity index (χ3n) is 3.71. The number of aldehydes is 1. The summed E-state index contributed by atoms with van der Waals surface area (Å²) >= 11 is 1.37. The number of hydrogen-bond donors (Lipinski definition) is 1. The van der Waals surface area contributed by atoms with E-state index in [0.717, 1.165) is 6.29 Å². The predicted molar refractivity (Wildman–Crippen MR) is 88.6 cm³/mol. The van der Waals surface area contributed by atoms with Gasteiger partial charge in [-0.1, -0.05) is 6.08 Å². The van der Waals surface area contributed by atoms with Gasteiger partial charge in [-0.25, -0.2) is 4.79 Å². The minimum absolute atomic E-state index is 0.0976. The highest BCUT2D eigenvalue weighted by Crippen LogP contribution is 2.30. The van der Waals surface area contributed by atoms with Crippen molar-refractivity contribution in [2.75, 3.05) is 24.7 Å². The van der Waals surface area contributed by atoms with Crippen molar-refractivity contribution >= 4 is 36.0 Å². The molecule has 0 spiro atoms. The van der Waals surface area contributed by atoms with E-state index in [1.165, 1.54) is 17.8 Å². The number of thioether (sulfide) groups is 1. The van der Waals surface area contributed by atoms with Crippen molar-refractivity contribution in [3.63, 3.8) is 0 Å². The topological polar surface area (TPSA) is 125 Å². The van der Waals surface area contributed by atoms with Crippen molar-refractivity contribution in [2.24, 2.45) is 0 Å². The number of fused-ring (bicyclic) bond motifs is 1. The zero-order valence-corrected chi connectivity index (χ0v) is 14.7. The van der Waals surface area contributed by atoms with E-state index in [1.54, 1.807) is 6.08 Å². The first-order valence-corrected chi connectivity index (χ1v) is 9.19. The Morgan fingerprint density at radius 3 is 2.31 bits per heavy atom. The standard InChI is InChI=1S/C16H20O9S/c17-5-7-26-6-1-2-13(20)24-10-8-22-16-11(9-23-15(10)16)25-14(21)4-3-12(18)19/h1-2,5,10-11,15-16H,3-4,6-9H2,(H,18,19)/b2-1-/t10-,11+,15+,16+/m0/s1. The minimum atomic E-state index is -1.08. The zero-order valence-electron chi connectivity index (χ0n) is 13.9. The smallest absolute Gasteiger partial charge is 0.330 e. The molecule has 0 aromatic rings. The molecule has 0 aliphatic carbocycles. The van der Waals surface area contributed by atoms with E-state index in [2.05, 4.69) is 0 Å². The van der Waals surface area contributed by atoms with Crippen LogP contribution in [0.25, 0.3) is 0 Å². The van der Waals surface area contributed by atoms with Gasteiger partial charge in [0.25, 0.3) is 0 Å². The first-order valence-electron chi connectivity index (χ1n) is 8.04. The monoisotopic (exact) mass is 388 g/mol. The van der Waals surface area contributed by atoms with E-state index in [4.69, 9.17) is 24.1 Å². The van der Waals surface area contributed by atoms with Crippen molar-refractivity contribution < 1.29 is 43.2 Å². The van der Waals surface area contributed by atoms with Crippen LogP contribution in [0.1, 0.15) is 12.8 Å². The van der Waals surface area contributed by atoms with Gasteiger partial charge in [0.1, 0.15) is 18.5 Å². The van der Waals surface area contributed by atoms with Crippen LogP contribution in [0.3, 0.4) is 0 Å². The highest BCUT2D eigenvalue weighted by molar-refractivity contribution is 8.00. The van der Waals surface area contributed by atoms with Gasteiger partial charge in [0.15, 0.2) is 12.2 Å². The molecule has 26 heavy (non-hydrogen) atoms. The molecule has 144 valence electrons. The number of aliphatic carboxylic acids is 1. The fourth-order valence-electron chi connectivity index (χ4n) is 2.58. The van der Waals surface area contributed by atoms with Crippen molar-refractivity contribution in [1.29, 1.82) is 0 Å². The third-order valence-corrected chi connectivity index (χ3v) is 4.51. The van der Waals surface area contributed by atoms with Crippen LogP contribution in [0.2, 0.25) is 0 Å². The minimum Gasteiger partial charge on any atom is -0.481 e. The van der Waals surface area contributed by atoms with Crippen LogP contribution in [0.5, 0.6) is 0 Å². The Bertz CT molecular complexity index is 562. The molecule has 9 nitrogen and oxygen atoms in total. The molecule has 0 bridgehead atoms. The lowest BCUT2D eigenvalue weighted by atomic mass is 10.1. The third kappa shape index (κ3) is 6.11. The Morgan fingerprint density at radius 2 is 1.69 bits per heavy atom. The zero-order chi connectivity index (χ0) is 18.9. The molecule has 0 aromatic heterocycles. The fourth-order valence-corrected chi connectivity index (χ4v) is 3.05. The summed E-state index contributed by atoms with van der Waals surface area (Å²) in [5, 5.41) is 8.57. The number of ether oxygens (including phenoxy) is 4. The molecule has 0 unspecified atom stereocenters. The van der Waals surface area contributed by atoms with Gasteiger partial charge in [0.2, 0.25) is 0 Å². The Kier molecular flexibility index (Phi) is 8.07. The first-order chi connectivity index (χ1) is 12.5. The van der Waals surface area contributed by atoms with Gasteiger partial charge in [-0.2, -0.15) is 11.8 Å². The van der Waals surface area contributed by atoms with Gasteiger partial charge in [-0.3, -0.25) is 9.59 Å². The number of carbonyl (C=O) groups excluding carboxylic acids is 3. The molecule has 0 aromatic carbocycles. The number of rotatable bonds is 10. The lowest BCUT2D eigenvalue weighted by Crippen LogP contribution is -2.35. The molecule has 0 amide bonds. The van der Waals surface area contributed by atoms with Gasteiger partial charge in [0, 0.05) is 17.6 Å². The molecular weight excluding hydrogens is 368 g/mol. The first kappa shape index (κ1) is 20.4. The Hall–Kier alpha value is -1.91. The predicted octanol–water partition coefficient (Wildman–Crippen LogP) is -0.0393. The summed E-state index contributed by atoms with van der Waals surface area (Å²) in [6, 6.07) is 0. The Labute approximate surface area is 154 Å². The molecule has 2 fully saturated rings. The largest absolute Gasteiger partial charge is 0.481 e. The molecule has 0 saturated carbocycles. The summed E-state index contributed by atoms with van der Waals surface area (Å²) in [5.41, 5.74) is 0. The second-order valence-electron chi connectivity index (χ2n) is 5.60. The normalized spacial score (nSPS) is 27.2. The summed E-state index contributed by atoms with van der Waals surface area (Å²) in [5.74, 6) is -1.38. The quantitative estimate of drug-likeness (QED) is 0.236. The Morgan fingerprint density at radius 1 is 1.04 bits per heavy atom. The average molecular weight is 388 g/mol. The van der Waals surface area contributed by atoms with Crippen LogP contribution >= 0.6 is 11.8 Å². The molecule has 2 heterocycles. The van der Waals surface area contributed by atoms with E-state index in [9.17, 15) is 19.2 Å². The van der Waals surface area contributed by atoms with Gasteiger partial charge in [-0.15, -0.1) is 0 Å². The van der Waals surface area contributed by atoms with E-state index in [1.807, 2.05) is 0 Å². The number of hydrogen-bond acceptors (Lipinski definition) is 9. The van der Waals surface area contributed by atoms with E-state index in [-0.39, 0.29) is 26.1 Å². The lowest BCUT2D eigenvalue weighted by molar-refractivity contribution is -0.156. The summed E-state index contributed by atoms with van der Waals surface area (Å²) in [4.78, 5) is 44.1. The number of carboxylic acid groups (broad SMARTS) is 1. The molecule has 2 saturated heterocycles. The maximum Gasteiger partial charge on any atom is 0.330 e. The highest BCUT2D eigenvalue weighted by atomic mass is 32.2. The van der Waals surface area contributed by atoms with Gasteiger partial charge in [0.05, 0.1) is 26.1 Å². The second kappa shape index (κ2) is 10.3. The van der Waals surface area contributed by atoms with Crippen LogP contribution in [-0.4, -0.2) is 78.4 Å². The van der Waals surface area contributed by atoms with Crippen molar-refractivity contribution in [2.45, 2.75) is 37.3 Å². The molecule has 2 aliphatic rings. The van der Waals surface area contributed by atoms with E-state index >= 15 is 0 Å². The van der Waals surface area contributed by atoms with Crippen molar-refractivity contribution in [3.05, 3.63) is 12.2 Å². The van der Waals surface area contributed by atoms with Gasteiger partial charge >= 0.3 is 17.9 Å². The molecule has 1 N–H and O–H groups in total. The van der Waals surface area contributed by atoms with E-state index < -0.39 is 42.3 Å². The average Bonchev–Trinajstić information content (AvgIpc) is 3.17. The van der Waals surface area contributed by atoms with Gasteiger partial charge < -0.3 is 28.8 Å². The van der Waals surface area contributed by atoms with Crippen molar-refractivity contribution in [1.82, 2.24) is 0 Å². The molecule has 2 aliphatic heterocycles. The molecular formula is C16H20O9S. The number of esters is 2. The molecule has 4 atom stereocenters. The summed E-state index contributed by atoms with van der Waals surface area (Å²) in [7, 11) is 0. The second-order valence-corrected chi connectivity index (χ2v) is 6.67. The summed E-state index contributed by atoms with van der Waals surface area (Å²) in [6.45, 7) is 0.221. The summed E-state index contributed by atoms with van der Waals surface area (Å²) in [6.07, 6.45) is 0.795. The van der Waals surface area contributed by atoms with Crippen LogP contribution < -0.4 is 0 Å². The lowest BCUT2D eigenvalue weighted by Gasteiger charge is -2.16. The highest BCUT2D eigenvalue weighted by Gasteiger charge is 2.51. The summed E-state index contributed by atoms with van der Waals surface area (Å²) < 4.78 is 21.5. The maximum absolute atomic E-state index is 11.8. The van der Waals surface area contributed by atoms with Crippen LogP contribution in [0, 0.1) is 0 Å². The van der Waals surface area contributed by atoms with Crippen LogP contribution in [-0.2, 0) is 38.1 Å². The molecule has 0 radical (unpaired) electrons. The molecule has 10 heteroatoms. The SMILES string of the molecule is O=CCSC/C=C\C(=O)O[C@H]1CO[C@H]2[C@@H]1OC[C@H]2OC(=O)CCC(=O)O. The number of carboxylic acids is 1. The van der Waals surface area contributed by atoms with Crippen LogP contribution in [0.15, 0.2) is 12.2 Å². The fraction of sp³-hybridized carbons (Fsp3) is 0.625. The molecule has 2 rings (SSSR count). The van der Waals surface area contributed by atoms with Crippen molar-refractivity contribution in [3.8, 4) is 0 Å². The van der Waals surface area contributed by atoms with Gasteiger partial charge in [-0.05, 0) is 0 Å². The van der Waals surface area contributed by atoms with Crippen LogP contribution in [0.4, 0.5) is 0 Å². The van der Waals surface area contributed by atoms with E-state index in [0.29, 0.717) is 11.5 Å². The maximum atomic E-state index is 11.8. The Balaban J connectivity index is 1.75.